The zero-order valence-corrected chi connectivity index (χ0v) is 15.0. The molecule has 26 heavy (non-hydrogen) atoms. The quantitative estimate of drug-likeness (QED) is 0.695. The van der Waals surface area contributed by atoms with Gasteiger partial charge in [-0.15, -0.1) is 0 Å². The number of carbonyl (C=O) groups is 1. The van der Waals surface area contributed by atoms with Crippen molar-refractivity contribution in [3.63, 3.8) is 0 Å². The van der Waals surface area contributed by atoms with Crippen LogP contribution in [0, 0.1) is 6.92 Å². The molecule has 2 N–H and O–H groups in total. The first-order chi connectivity index (χ1) is 12.4. The lowest BCUT2D eigenvalue weighted by Crippen LogP contribution is -2.26. The Balaban J connectivity index is 1.84. The fraction of sp³-hybridized carbons (Fsp3) is 0.158. The van der Waals surface area contributed by atoms with Crippen molar-refractivity contribution in [2.24, 2.45) is 0 Å². The van der Waals surface area contributed by atoms with Crippen LogP contribution in [0.4, 0.5) is 0 Å². The van der Waals surface area contributed by atoms with Crippen molar-refractivity contribution in [3.8, 4) is 0 Å². The highest BCUT2D eigenvalue weighted by Gasteiger charge is 2.19. The number of nitrogens with zero attached hydrogens (tertiary/aromatic N) is 1. The van der Waals surface area contributed by atoms with E-state index in [2.05, 4.69) is 9.71 Å². The summed E-state index contributed by atoms with van der Waals surface area (Å²) in [6.45, 7) is 1.92. The van der Waals surface area contributed by atoms with Crippen molar-refractivity contribution in [2.75, 3.05) is 6.54 Å². The van der Waals surface area contributed by atoms with E-state index in [0.29, 0.717) is 11.1 Å². The average Bonchev–Trinajstić information content (AvgIpc) is 2.61. The van der Waals surface area contributed by atoms with Crippen molar-refractivity contribution in [2.45, 2.75) is 18.2 Å². The molecule has 0 unspecified atom stereocenters. The molecule has 0 spiro atoms. The Hall–Kier alpha value is -2.77. The minimum Gasteiger partial charge on any atom is -0.478 e. The number of sulfonamides is 1. The predicted octanol–water partition coefficient (Wildman–Crippen LogP) is 2.76. The summed E-state index contributed by atoms with van der Waals surface area (Å²) in [7, 11) is -3.77. The van der Waals surface area contributed by atoms with Crippen LogP contribution in [0.15, 0.2) is 59.6 Å². The summed E-state index contributed by atoms with van der Waals surface area (Å²) < 4.78 is 28.0. The van der Waals surface area contributed by atoms with Gasteiger partial charge in [-0.3, -0.25) is 4.98 Å². The van der Waals surface area contributed by atoms with Crippen molar-refractivity contribution < 1.29 is 18.3 Å². The van der Waals surface area contributed by atoms with Gasteiger partial charge in [0, 0.05) is 18.1 Å². The number of fused-ring (bicyclic) bond motifs is 1. The van der Waals surface area contributed by atoms with Gasteiger partial charge >= 0.3 is 5.97 Å². The second kappa shape index (κ2) is 7.23. The molecule has 0 aliphatic heterocycles. The molecule has 2 aromatic carbocycles. The zero-order valence-electron chi connectivity index (χ0n) is 14.1. The van der Waals surface area contributed by atoms with Crippen LogP contribution in [0.25, 0.3) is 10.9 Å². The van der Waals surface area contributed by atoms with Gasteiger partial charge in [-0.2, -0.15) is 0 Å². The standard InChI is InChI=1S/C19H18N2O4S/c1-13-11-15-6-4-9-20-18(15)17(12-13)26(24,25)21-10-8-14-5-2-3-7-16(14)19(22)23/h2-7,9,11-12,21H,8,10H2,1H3,(H,22,23). The maximum absolute atomic E-state index is 12.7. The molecule has 3 rings (SSSR count). The number of carboxylic acid groups (broad SMARTS) is 1. The third-order valence-corrected chi connectivity index (χ3v) is 5.51. The highest BCUT2D eigenvalue weighted by Crippen LogP contribution is 2.23. The molecule has 7 heteroatoms. The van der Waals surface area contributed by atoms with Crippen LogP contribution in [-0.4, -0.2) is 31.0 Å². The van der Waals surface area contributed by atoms with Gasteiger partial charge in [-0.25, -0.2) is 17.9 Å². The molecule has 1 heterocycles. The molecule has 0 amide bonds. The van der Waals surface area contributed by atoms with Crippen LogP contribution in [0.3, 0.4) is 0 Å². The van der Waals surface area contributed by atoms with Gasteiger partial charge in [0.2, 0.25) is 10.0 Å². The average molecular weight is 370 g/mol. The van der Waals surface area contributed by atoms with Crippen molar-refractivity contribution >= 4 is 26.9 Å². The molecular weight excluding hydrogens is 352 g/mol. The largest absolute Gasteiger partial charge is 0.478 e. The molecule has 134 valence electrons. The SMILES string of the molecule is Cc1cc(S(=O)(=O)NCCc2ccccc2C(=O)O)c2ncccc2c1. The third-order valence-electron chi connectivity index (χ3n) is 4.04. The number of carboxylic acids is 1. The summed E-state index contributed by atoms with van der Waals surface area (Å²) in [5.41, 5.74) is 1.99. The van der Waals surface area contributed by atoms with Crippen LogP contribution >= 0.6 is 0 Å². The maximum atomic E-state index is 12.7. The van der Waals surface area contributed by atoms with Crippen molar-refractivity contribution in [3.05, 3.63) is 71.4 Å². The Morgan fingerprint density at radius 2 is 1.92 bits per heavy atom. The van der Waals surface area contributed by atoms with E-state index in [1.54, 1.807) is 36.5 Å². The fourth-order valence-electron chi connectivity index (χ4n) is 2.85. The number of nitrogens with one attached hydrogen (secondary N) is 1. The molecule has 0 saturated carbocycles. The molecule has 6 nitrogen and oxygen atoms in total. The predicted molar refractivity (Wildman–Crippen MR) is 98.8 cm³/mol. The molecule has 0 bridgehead atoms. The topological polar surface area (TPSA) is 96.4 Å². The highest BCUT2D eigenvalue weighted by atomic mass is 32.2. The first kappa shape index (κ1) is 18.0. The van der Waals surface area contributed by atoms with Gasteiger partial charge < -0.3 is 5.11 Å². The van der Waals surface area contributed by atoms with Crippen molar-refractivity contribution in [1.82, 2.24) is 9.71 Å². The molecule has 3 aromatic rings. The van der Waals surface area contributed by atoms with Crippen LogP contribution in [-0.2, 0) is 16.4 Å². The van der Waals surface area contributed by atoms with Crippen LogP contribution < -0.4 is 4.72 Å². The molecule has 0 fully saturated rings. The smallest absolute Gasteiger partial charge is 0.335 e. The van der Waals surface area contributed by atoms with E-state index in [1.807, 2.05) is 19.1 Å². The number of aryl methyl sites for hydroxylation is 1. The monoisotopic (exact) mass is 370 g/mol. The van der Waals surface area contributed by atoms with E-state index >= 15 is 0 Å². The second-order valence-electron chi connectivity index (χ2n) is 5.95. The number of benzene rings is 2. The zero-order chi connectivity index (χ0) is 18.7. The van der Waals surface area contributed by atoms with E-state index in [1.165, 1.54) is 6.07 Å². The van der Waals surface area contributed by atoms with Crippen LogP contribution in [0.2, 0.25) is 0 Å². The lowest BCUT2D eigenvalue weighted by Gasteiger charge is -2.11. The van der Waals surface area contributed by atoms with Crippen LogP contribution in [0.5, 0.6) is 0 Å². The van der Waals surface area contributed by atoms with E-state index in [9.17, 15) is 18.3 Å². The van der Waals surface area contributed by atoms with Gasteiger partial charge in [-0.1, -0.05) is 24.3 Å². The number of rotatable bonds is 6. The van der Waals surface area contributed by atoms with Crippen LogP contribution in [0.1, 0.15) is 21.5 Å². The minimum atomic E-state index is -3.77. The lowest BCUT2D eigenvalue weighted by molar-refractivity contribution is 0.0695. The number of aromatic carboxylic acids is 1. The molecule has 0 atom stereocenters. The van der Waals surface area contributed by atoms with Gasteiger partial charge in [-0.05, 0) is 48.7 Å². The minimum absolute atomic E-state index is 0.0922. The highest BCUT2D eigenvalue weighted by molar-refractivity contribution is 7.89. The van der Waals surface area contributed by atoms with Gasteiger partial charge in [0.1, 0.15) is 4.90 Å². The molecule has 0 aliphatic rings. The van der Waals surface area contributed by atoms with E-state index in [0.717, 1.165) is 10.9 Å². The Morgan fingerprint density at radius 1 is 1.15 bits per heavy atom. The number of pyridine rings is 1. The fourth-order valence-corrected chi connectivity index (χ4v) is 4.14. The summed E-state index contributed by atoms with van der Waals surface area (Å²) >= 11 is 0. The van der Waals surface area contributed by atoms with Gasteiger partial charge in [0.15, 0.2) is 0 Å². The summed E-state index contributed by atoms with van der Waals surface area (Å²) in [6, 6.07) is 13.6. The number of hydrogen-bond donors (Lipinski definition) is 2. The van der Waals surface area contributed by atoms with Gasteiger partial charge in [0.05, 0.1) is 11.1 Å². The summed E-state index contributed by atoms with van der Waals surface area (Å²) in [5.74, 6) is -1.03. The second-order valence-corrected chi connectivity index (χ2v) is 7.68. The van der Waals surface area contributed by atoms with E-state index in [4.69, 9.17) is 0 Å². The first-order valence-corrected chi connectivity index (χ1v) is 9.53. The van der Waals surface area contributed by atoms with Crippen molar-refractivity contribution in [1.29, 1.82) is 0 Å². The van der Waals surface area contributed by atoms with E-state index in [-0.39, 0.29) is 23.4 Å². The molecule has 1 aromatic heterocycles. The van der Waals surface area contributed by atoms with Gasteiger partial charge in [0.25, 0.3) is 0 Å². The number of hydrogen-bond acceptors (Lipinski definition) is 4. The third kappa shape index (κ3) is 3.74. The Bertz CT molecular complexity index is 1080. The normalized spacial score (nSPS) is 11.6. The molecule has 0 aliphatic carbocycles. The lowest BCUT2D eigenvalue weighted by atomic mass is 10.1. The maximum Gasteiger partial charge on any atom is 0.335 e. The number of aromatic nitrogens is 1. The summed E-state index contributed by atoms with van der Waals surface area (Å²) in [5, 5.41) is 9.96. The molecule has 0 radical (unpaired) electrons. The Kier molecular flexibility index (Phi) is 5.01. The molecule has 0 saturated heterocycles. The Labute approximate surface area is 151 Å². The molecular formula is C19H18N2O4S. The Morgan fingerprint density at radius 3 is 2.69 bits per heavy atom. The van der Waals surface area contributed by atoms with E-state index < -0.39 is 16.0 Å². The summed E-state index contributed by atoms with van der Waals surface area (Å²) in [6.07, 6.45) is 1.83. The first-order valence-electron chi connectivity index (χ1n) is 8.05. The summed E-state index contributed by atoms with van der Waals surface area (Å²) in [4.78, 5) is 15.6.